The number of hydrogen-bond acceptors (Lipinski definition) is 6. The topological polar surface area (TPSA) is 77.4 Å². The monoisotopic (exact) mass is 384 g/mol. The molecular weight excluding hydrogens is 356 g/mol. The Labute approximate surface area is 166 Å². The molecule has 1 aliphatic rings. The molecule has 2 aromatic rings. The molecule has 0 saturated carbocycles. The van der Waals surface area contributed by atoms with Crippen LogP contribution in [0.2, 0.25) is 0 Å². The first kappa shape index (κ1) is 20.4. The molecule has 1 fully saturated rings. The Morgan fingerprint density at radius 2 is 2.00 bits per heavy atom. The van der Waals surface area contributed by atoms with Crippen molar-refractivity contribution in [3.8, 4) is 0 Å². The maximum atomic E-state index is 12.8. The highest BCUT2D eigenvalue weighted by atomic mass is 16.5. The first-order valence-electron chi connectivity index (χ1n) is 9.69. The average Bonchev–Trinajstić information content (AvgIpc) is 2.72. The minimum Gasteiger partial charge on any atom is -0.382 e. The van der Waals surface area contributed by atoms with Crippen LogP contribution in [0.3, 0.4) is 0 Å². The maximum absolute atomic E-state index is 12.8. The largest absolute Gasteiger partial charge is 0.382 e. The number of aryl methyl sites for hydroxylation is 2. The number of aromatic nitrogens is 3. The molecule has 0 aromatic carbocycles. The fraction of sp³-hybridized carbons (Fsp3) is 0.524. The second-order valence-corrected chi connectivity index (χ2v) is 7.13. The van der Waals surface area contributed by atoms with E-state index in [-0.39, 0.29) is 5.91 Å². The molecule has 0 unspecified atom stereocenters. The molecular formula is C21H28N4O3. The molecule has 0 aliphatic carbocycles. The van der Waals surface area contributed by atoms with Crippen molar-refractivity contribution < 1.29 is 14.3 Å². The summed E-state index contributed by atoms with van der Waals surface area (Å²) >= 11 is 0. The summed E-state index contributed by atoms with van der Waals surface area (Å²) in [6.45, 7) is 6.87. The lowest BCUT2D eigenvalue weighted by Gasteiger charge is -2.32. The van der Waals surface area contributed by atoms with Crippen molar-refractivity contribution in [3.05, 3.63) is 52.9 Å². The van der Waals surface area contributed by atoms with Crippen molar-refractivity contribution in [2.24, 2.45) is 0 Å². The van der Waals surface area contributed by atoms with Gasteiger partial charge in [-0.05, 0) is 38.3 Å². The number of pyridine rings is 1. The van der Waals surface area contributed by atoms with Crippen molar-refractivity contribution in [1.29, 1.82) is 0 Å². The molecule has 0 radical (unpaired) electrons. The van der Waals surface area contributed by atoms with Gasteiger partial charge in [-0.25, -0.2) is 9.97 Å². The number of carbonyl (C=O) groups is 1. The lowest BCUT2D eigenvalue weighted by atomic mass is 9.90. The Morgan fingerprint density at radius 1 is 1.21 bits per heavy atom. The molecule has 0 spiro atoms. The first-order valence-corrected chi connectivity index (χ1v) is 9.69. The number of likely N-dealkylation sites (tertiary alicyclic amines) is 1. The maximum Gasteiger partial charge on any atom is 0.255 e. The Balaban J connectivity index is 1.65. The van der Waals surface area contributed by atoms with Crippen LogP contribution in [-0.2, 0) is 16.1 Å². The van der Waals surface area contributed by atoms with Gasteiger partial charge in [-0.2, -0.15) is 0 Å². The first-order chi connectivity index (χ1) is 13.6. The van der Waals surface area contributed by atoms with Gasteiger partial charge in [0, 0.05) is 50.3 Å². The van der Waals surface area contributed by atoms with Crippen molar-refractivity contribution in [2.75, 3.05) is 33.4 Å². The van der Waals surface area contributed by atoms with Crippen molar-refractivity contribution in [3.63, 3.8) is 0 Å². The van der Waals surface area contributed by atoms with Crippen LogP contribution in [-0.4, -0.2) is 59.2 Å². The fourth-order valence-corrected chi connectivity index (χ4v) is 3.52. The van der Waals surface area contributed by atoms with Crippen LogP contribution in [0.4, 0.5) is 0 Å². The summed E-state index contributed by atoms with van der Waals surface area (Å²) in [4.78, 5) is 27.9. The number of amides is 1. The SMILES string of the molecule is COCCOCc1cnc(C)nc1C1CCN(C(=O)c2cnccc2C)CC1. The van der Waals surface area contributed by atoms with E-state index in [0.29, 0.717) is 44.4 Å². The van der Waals surface area contributed by atoms with Crippen LogP contribution in [0.1, 0.15) is 51.8 Å². The zero-order valence-electron chi connectivity index (χ0n) is 16.9. The summed E-state index contributed by atoms with van der Waals surface area (Å²) in [6.07, 6.45) is 7.00. The van der Waals surface area contributed by atoms with Crippen LogP contribution in [0.15, 0.2) is 24.7 Å². The predicted octanol–water partition coefficient (Wildman–Crippen LogP) is 2.67. The number of carbonyl (C=O) groups excluding carboxylic acids is 1. The number of nitrogens with zero attached hydrogens (tertiary/aromatic N) is 4. The third-order valence-corrected chi connectivity index (χ3v) is 5.15. The minimum absolute atomic E-state index is 0.0611. The molecule has 1 amide bonds. The summed E-state index contributed by atoms with van der Waals surface area (Å²) in [7, 11) is 1.66. The zero-order valence-corrected chi connectivity index (χ0v) is 16.9. The number of hydrogen-bond donors (Lipinski definition) is 0. The second kappa shape index (κ2) is 9.71. The number of methoxy groups -OCH3 is 1. The van der Waals surface area contributed by atoms with E-state index in [4.69, 9.17) is 14.5 Å². The van der Waals surface area contributed by atoms with Crippen LogP contribution < -0.4 is 0 Å². The molecule has 1 saturated heterocycles. The third-order valence-electron chi connectivity index (χ3n) is 5.15. The van der Waals surface area contributed by atoms with Gasteiger partial charge in [0.25, 0.3) is 5.91 Å². The van der Waals surface area contributed by atoms with Crippen LogP contribution in [0.25, 0.3) is 0 Å². The summed E-state index contributed by atoms with van der Waals surface area (Å²) in [5, 5.41) is 0. The van der Waals surface area contributed by atoms with E-state index >= 15 is 0 Å². The van der Waals surface area contributed by atoms with Gasteiger partial charge in [0.05, 0.1) is 31.1 Å². The van der Waals surface area contributed by atoms with Crippen LogP contribution in [0, 0.1) is 13.8 Å². The number of rotatable bonds is 7. The highest BCUT2D eigenvalue weighted by molar-refractivity contribution is 5.95. The van der Waals surface area contributed by atoms with E-state index in [1.807, 2.05) is 31.0 Å². The number of piperidine rings is 1. The van der Waals surface area contributed by atoms with Gasteiger partial charge in [0.2, 0.25) is 0 Å². The normalized spacial score (nSPS) is 15.0. The smallest absolute Gasteiger partial charge is 0.255 e. The molecule has 1 aliphatic heterocycles. The van der Waals surface area contributed by atoms with Gasteiger partial charge >= 0.3 is 0 Å². The standard InChI is InChI=1S/C21H28N4O3/c1-15-4-7-22-13-19(15)21(26)25-8-5-17(6-9-25)20-18(12-23-16(2)24-20)14-28-11-10-27-3/h4,7,12-13,17H,5-6,8-11,14H2,1-3H3. The minimum atomic E-state index is 0.0611. The van der Waals surface area contributed by atoms with E-state index in [2.05, 4.69) is 9.97 Å². The van der Waals surface area contributed by atoms with E-state index in [9.17, 15) is 4.79 Å². The van der Waals surface area contributed by atoms with E-state index in [0.717, 1.165) is 35.5 Å². The fourth-order valence-electron chi connectivity index (χ4n) is 3.52. The Bertz CT molecular complexity index is 804. The summed E-state index contributed by atoms with van der Waals surface area (Å²) in [5.41, 5.74) is 3.72. The van der Waals surface area contributed by atoms with Gasteiger partial charge in [-0.3, -0.25) is 9.78 Å². The van der Waals surface area contributed by atoms with E-state index in [1.54, 1.807) is 19.5 Å². The van der Waals surface area contributed by atoms with Crippen molar-refractivity contribution in [2.45, 2.75) is 39.2 Å². The quantitative estimate of drug-likeness (QED) is 0.683. The van der Waals surface area contributed by atoms with Gasteiger partial charge in [-0.15, -0.1) is 0 Å². The van der Waals surface area contributed by atoms with Gasteiger partial charge in [0.1, 0.15) is 5.82 Å². The molecule has 28 heavy (non-hydrogen) atoms. The Hall–Kier alpha value is -2.38. The van der Waals surface area contributed by atoms with Gasteiger partial charge in [-0.1, -0.05) is 0 Å². The predicted molar refractivity (Wildman–Crippen MR) is 105 cm³/mol. The average molecular weight is 384 g/mol. The Kier molecular flexibility index (Phi) is 7.06. The molecule has 150 valence electrons. The Morgan fingerprint density at radius 3 is 2.71 bits per heavy atom. The molecule has 3 rings (SSSR count). The molecule has 7 heteroatoms. The molecule has 0 N–H and O–H groups in total. The van der Waals surface area contributed by atoms with Gasteiger partial charge in [0.15, 0.2) is 0 Å². The van der Waals surface area contributed by atoms with Crippen LogP contribution >= 0.6 is 0 Å². The summed E-state index contributed by atoms with van der Waals surface area (Å²) < 4.78 is 10.7. The van der Waals surface area contributed by atoms with E-state index in [1.165, 1.54) is 0 Å². The molecule has 2 aromatic heterocycles. The van der Waals surface area contributed by atoms with Gasteiger partial charge < -0.3 is 14.4 Å². The van der Waals surface area contributed by atoms with E-state index < -0.39 is 0 Å². The van der Waals surface area contributed by atoms with Crippen LogP contribution in [0.5, 0.6) is 0 Å². The molecule has 3 heterocycles. The highest BCUT2D eigenvalue weighted by Crippen LogP contribution is 2.30. The molecule has 7 nitrogen and oxygen atoms in total. The number of ether oxygens (including phenoxy) is 2. The molecule has 0 bridgehead atoms. The summed E-state index contributed by atoms with van der Waals surface area (Å²) in [6, 6.07) is 1.87. The molecule has 0 atom stereocenters. The highest BCUT2D eigenvalue weighted by Gasteiger charge is 2.27. The third kappa shape index (κ3) is 4.91. The summed E-state index contributed by atoms with van der Waals surface area (Å²) in [5.74, 6) is 1.13. The van der Waals surface area contributed by atoms with Crippen molar-refractivity contribution >= 4 is 5.91 Å². The second-order valence-electron chi connectivity index (χ2n) is 7.13. The lowest BCUT2D eigenvalue weighted by Crippen LogP contribution is -2.38. The zero-order chi connectivity index (χ0) is 19.9. The lowest BCUT2D eigenvalue weighted by molar-refractivity contribution is 0.0604. The van der Waals surface area contributed by atoms with Crippen molar-refractivity contribution in [1.82, 2.24) is 19.9 Å².